The molecular weight excluding hydrogens is 407 g/mol. The first-order chi connectivity index (χ1) is 13.1. The highest BCUT2D eigenvalue weighted by Gasteiger charge is 2.16. The number of aryl methyl sites for hydroxylation is 3. The van der Waals surface area contributed by atoms with E-state index in [1.54, 1.807) is 0 Å². The average Bonchev–Trinajstić information content (AvgIpc) is 3.13. The van der Waals surface area contributed by atoms with Gasteiger partial charge >= 0.3 is 0 Å². The van der Waals surface area contributed by atoms with Crippen LogP contribution in [0.2, 0.25) is 0 Å². The summed E-state index contributed by atoms with van der Waals surface area (Å²) in [4.78, 5) is 17.2. The normalized spacial score (nSPS) is 13.4. The zero-order valence-corrected chi connectivity index (χ0v) is 17.9. The van der Waals surface area contributed by atoms with E-state index >= 15 is 0 Å². The Morgan fingerprint density at radius 2 is 1.76 bits per heavy atom. The molecule has 1 amide bonds. The molecule has 29 heavy (non-hydrogen) atoms. The van der Waals surface area contributed by atoms with Crippen LogP contribution in [0.4, 0.5) is 5.69 Å². The van der Waals surface area contributed by atoms with Crippen molar-refractivity contribution in [2.75, 3.05) is 5.32 Å². The maximum absolute atomic E-state index is 12.4. The van der Waals surface area contributed by atoms with Gasteiger partial charge in [0.05, 0.1) is 5.69 Å². The predicted molar refractivity (Wildman–Crippen MR) is 122 cm³/mol. The highest BCUT2D eigenvalue weighted by molar-refractivity contribution is 5.95. The lowest BCUT2D eigenvalue weighted by molar-refractivity contribution is -0.117. The minimum atomic E-state index is -0.690. The van der Waals surface area contributed by atoms with Crippen molar-refractivity contribution in [3.63, 3.8) is 0 Å². The number of rotatable bonds is 4. The van der Waals surface area contributed by atoms with Crippen molar-refractivity contribution < 1.29 is 4.79 Å². The number of fused-ring (bicyclic) bond motifs is 1. The molecule has 1 aromatic heterocycles. The predicted octanol–water partition coefficient (Wildman–Crippen LogP) is 4.68. The van der Waals surface area contributed by atoms with Gasteiger partial charge in [0.2, 0.25) is 5.91 Å². The van der Waals surface area contributed by atoms with Crippen molar-refractivity contribution in [2.45, 2.75) is 38.8 Å². The number of carbonyl (C=O) groups is 1. The first-order valence-corrected chi connectivity index (χ1v) is 9.40. The van der Waals surface area contributed by atoms with E-state index in [1.807, 2.05) is 55.5 Å². The number of amides is 1. The molecule has 154 valence electrons. The maximum Gasteiger partial charge on any atom is 0.245 e. The van der Waals surface area contributed by atoms with Crippen LogP contribution >= 0.6 is 24.8 Å². The van der Waals surface area contributed by atoms with Gasteiger partial charge in [0.25, 0.3) is 0 Å². The minimum Gasteiger partial charge on any atom is -0.334 e. The summed E-state index contributed by atoms with van der Waals surface area (Å²) in [6.07, 6.45) is 5.60. The lowest BCUT2D eigenvalue weighted by Gasteiger charge is -2.13. The summed E-state index contributed by atoms with van der Waals surface area (Å²) in [5.74, 6) is 0.946. The topological polar surface area (TPSA) is 72.9 Å². The number of halogens is 2. The number of anilines is 1. The molecule has 4 rings (SSSR count). The van der Waals surface area contributed by atoms with Crippen LogP contribution in [0.3, 0.4) is 0 Å². The number of carbonyl (C=O) groups excluding carboxylic acids is 1. The van der Waals surface area contributed by atoms with Crippen molar-refractivity contribution in [2.24, 2.45) is 5.73 Å². The molecule has 0 aliphatic carbocycles. The largest absolute Gasteiger partial charge is 0.334 e. The molecule has 7 heteroatoms. The molecule has 5 nitrogen and oxygen atoms in total. The van der Waals surface area contributed by atoms with Crippen molar-refractivity contribution >= 4 is 36.4 Å². The molecule has 1 atom stereocenters. The van der Waals surface area contributed by atoms with Gasteiger partial charge in [-0.15, -0.1) is 24.8 Å². The lowest BCUT2D eigenvalue weighted by Crippen LogP contribution is -2.27. The molecule has 1 aliphatic rings. The number of benzene rings is 2. The molecule has 2 heterocycles. The zero-order valence-electron chi connectivity index (χ0n) is 16.3. The number of nitrogens with zero attached hydrogens (tertiary/aromatic N) is 2. The summed E-state index contributed by atoms with van der Waals surface area (Å²) >= 11 is 0. The molecule has 0 radical (unpaired) electrons. The van der Waals surface area contributed by atoms with E-state index in [-0.39, 0.29) is 30.7 Å². The number of hydrogen-bond donors (Lipinski definition) is 2. The summed E-state index contributed by atoms with van der Waals surface area (Å²) in [7, 11) is 0. The number of hydrogen-bond acceptors (Lipinski definition) is 3. The van der Waals surface area contributed by atoms with Crippen LogP contribution in [0, 0.1) is 6.92 Å². The van der Waals surface area contributed by atoms with Crippen molar-refractivity contribution in [3.05, 3.63) is 71.7 Å². The van der Waals surface area contributed by atoms with E-state index in [9.17, 15) is 4.79 Å². The monoisotopic (exact) mass is 432 g/mol. The quantitative estimate of drug-likeness (QED) is 0.628. The van der Waals surface area contributed by atoms with E-state index in [4.69, 9.17) is 10.7 Å². The summed E-state index contributed by atoms with van der Waals surface area (Å²) in [5.41, 5.74) is 10.8. The van der Waals surface area contributed by atoms with Gasteiger partial charge in [0.1, 0.15) is 11.9 Å². The SMILES string of the molecule is Cc1ccc(C(N)C(=O)Nc2ccc(-c3cn4c(n3)CCCC4)cc2)cc1.Cl.Cl. The fourth-order valence-electron chi connectivity index (χ4n) is 3.42. The first kappa shape index (κ1) is 22.9. The Labute approximate surface area is 183 Å². The summed E-state index contributed by atoms with van der Waals surface area (Å²) in [5, 5.41) is 2.89. The van der Waals surface area contributed by atoms with Crippen LogP contribution in [-0.2, 0) is 17.8 Å². The molecule has 1 unspecified atom stereocenters. The number of imidazole rings is 1. The van der Waals surface area contributed by atoms with Gasteiger partial charge in [-0.05, 0) is 37.5 Å². The van der Waals surface area contributed by atoms with Crippen molar-refractivity contribution in [1.29, 1.82) is 0 Å². The molecule has 3 N–H and O–H groups in total. The third-order valence-electron chi connectivity index (χ3n) is 5.08. The third kappa shape index (κ3) is 5.18. The van der Waals surface area contributed by atoms with E-state index < -0.39 is 6.04 Å². The summed E-state index contributed by atoms with van der Waals surface area (Å²) < 4.78 is 2.25. The Morgan fingerprint density at radius 1 is 1.07 bits per heavy atom. The molecule has 0 saturated carbocycles. The van der Waals surface area contributed by atoms with Gasteiger partial charge in [-0.1, -0.05) is 42.0 Å². The zero-order chi connectivity index (χ0) is 18.8. The third-order valence-corrected chi connectivity index (χ3v) is 5.08. The van der Waals surface area contributed by atoms with E-state index in [2.05, 4.69) is 16.1 Å². The molecule has 0 bridgehead atoms. The lowest BCUT2D eigenvalue weighted by atomic mass is 10.1. The molecule has 1 aliphatic heterocycles. The van der Waals surface area contributed by atoms with Gasteiger partial charge in [0, 0.05) is 30.4 Å². The fourth-order valence-corrected chi connectivity index (χ4v) is 3.42. The Balaban J connectivity index is 0.00000150. The Hall–Kier alpha value is -2.34. The van der Waals surface area contributed by atoms with Crippen LogP contribution in [0.5, 0.6) is 0 Å². The van der Waals surface area contributed by atoms with E-state index in [0.717, 1.165) is 46.9 Å². The highest BCUT2D eigenvalue weighted by atomic mass is 35.5. The molecule has 0 fully saturated rings. The van der Waals surface area contributed by atoms with Gasteiger partial charge in [-0.3, -0.25) is 4.79 Å². The van der Waals surface area contributed by atoms with Crippen molar-refractivity contribution in [1.82, 2.24) is 9.55 Å². The smallest absolute Gasteiger partial charge is 0.245 e. The molecule has 3 aromatic rings. The second-order valence-electron chi connectivity index (χ2n) is 7.15. The standard InChI is InChI=1S/C22H24N4O.2ClH/c1-15-5-7-17(8-6-15)21(23)22(27)24-18-11-9-16(10-12-18)19-14-26-13-3-2-4-20(26)25-19;;/h5-12,14,21H,2-4,13,23H2,1H3,(H,24,27);2*1H. The highest BCUT2D eigenvalue weighted by Crippen LogP contribution is 2.24. The summed E-state index contributed by atoms with van der Waals surface area (Å²) in [6.45, 7) is 3.06. The second kappa shape index (κ2) is 9.92. The van der Waals surface area contributed by atoms with Gasteiger partial charge in [0.15, 0.2) is 0 Å². The summed E-state index contributed by atoms with van der Waals surface area (Å²) in [6, 6.07) is 14.8. The first-order valence-electron chi connectivity index (χ1n) is 9.40. The van der Waals surface area contributed by atoms with Crippen LogP contribution in [-0.4, -0.2) is 15.5 Å². The minimum absolute atomic E-state index is 0. The second-order valence-corrected chi connectivity index (χ2v) is 7.15. The van der Waals surface area contributed by atoms with E-state index in [0.29, 0.717) is 0 Å². The molecule has 2 aromatic carbocycles. The fraction of sp³-hybridized carbons (Fsp3) is 0.273. The maximum atomic E-state index is 12.4. The number of nitrogens with one attached hydrogen (secondary N) is 1. The van der Waals surface area contributed by atoms with Gasteiger partial charge in [-0.2, -0.15) is 0 Å². The van der Waals surface area contributed by atoms with Gasteiger partial charge < -0.3 is 15.6 Å². The molecular formula is C22H26Cl2N4O. The molecule has 0 spiro atoms. The van der Waals surface area contributed by atoms with E-state index in [1.165, 1.54) is 12.8 Å². The number of nitrogens with two attached hydrogens (primary N) is 1. The van der Waals surface area contributed by atoms with Crippen LogP contribution < -0.4 is 11.1 Å². The van der Waals surface area contributed by atoms with Crippen LogP contribution in [0.25, 0.3) is 11.3 Å². The Bertz CT molecular complexity index is 928. The van der Waals surface area contributed by atoms with Crippen LogP contribution in [0.15, 0.2) is 54.7 Å². The number of aromatic nitrogens is 2. The van der Waals surface area contributed by atoms with Gasteiger partial charge in [-0.25, -0.2) is 4.98 Å². The Morgan fingerprint density at radius 3 is 2.41 bits per heavy atom. The average molecular weight is 433 g/mol. The Kier molecular flexibility index (Phi) is 7.85. The molecule has 0 saturated heterocycles. The van der Waals surface area contributed by atoms with Crippen LogP contribution in [0.1, 0.15) is 35.8 Å². The van der Waals surface area contributed by atoms with Crippen molar-refractivity contribution in [3.8, 4) is 11.3 Å².